The Hall–Kier alpha value is -1.40. The van der Waals surface area contributed by atoms with Gasteiger partial charge >= 0.3 is 0 Å². The second-order valence-corrected chi connectivity index (χ2v) is 6.55. The van der Waals surface area contributed by atoms with Gasteiger partial charge in [-0.3, -0.25) is 14.4 Å². The van der Waals surface area contributed by atoms with Crippen LogP contribution in [0, 0.1) is 0 Å². The smallest absolute Gasteiger partial charge is 0.225 e. The minimum atomic E-state index is 0.154. The van der Waals surface area contributed by atoms with Crippen LogP contribution in [0.5, 0.6) is 0 Å². The van der Waals surface area contributed by atoms with Gasteiger partial charge in [-0.2, -0.15) is 5.10 Å². The third-order valence-corrected chi connectivity index (χ3v) is 4.78. The standard InChI is InChI=1S/C17H28N4O2/c1-2-21-14-15(12-18-21)13-19-6-4-7-20(9-8-19)17(22)11-16-5-3-10-23-16/h12,14,16H,2-11,13H2,1H3/t16-/m1/s1. The van der Waals surface area contributed by atoms with E-state index in [1.807, 2.05) is 15.8 Å². The van der Waals surface area contributed by atoms with Gasteiger partial charge in [-0.1, -0.05) is 0 Å². The fourth-order valence-electron chi connectivity index (χ4n) is 3.43. The first-order valence-electron chi connectivity index (χ1n) is 8.87. The summed E-state index contributed by atoms with van der Waals surface area (Å²) in [5, 5.41) is 4.34. The fraction of sp³-hybridized carbons (Fsp3) is 0.765. The van der Waals surface area contributed by atoms with Crippen LogP contribution in [-0.4, -0.2) is 64.4 Å². The highest BCUT2D eigenvalue weighted by Gasteiger charge is 2.24. The van der Waals surface area contributed by atoms with E-state index in [2.05, 4.69) is 23.1 Å². The zero-order valence-electron chi connectivity index (χ0n) is 14.1. The monoisotopic (exact) mass is 320 g/mol. The topological polar surface area (TPSA) is 50.6 Å². The Morgan fingerprint density at radius 2 is 2.22 bits per heavy atom. The quantitative estimate of drug-likeness (QED) is 0.825. The summed E-state index contributed by atoms with van der Waals surface area (Å²) >= 11 is 0. The molecule has 0 unspecified atom stereocenters. The van der Waals surface area contributed by atoms with Gasteiger partial charge in [0, 0.05) is 57.6 Å². The SMILES string of the molecule is CCn1cc(CN2CCCN(C(=O)C[C@H]3CCCO3)CC2)cn1. The number of aromatic nitrogens is 2. The number of rotatable bonds is 5. The number of carbonyl (C=O) groups is 1. The van der Waals surface area contributed by atoms with E-state index in [-0.39, 0.29) is 12.0 Å². The van der Waals surface area contributed by atoms with Gasteiger partial charge in [-0.25, -0.2) is 0 Å². The van der Waals surface area contributed by atoms with Gasteiger partial charge < -0.3 is 9.64 Å². The predicted octanol–water partition coefficient (Wildman–Crippen LogP) is 1.51. The van der Waals surface area contributed by atoms with Crippen molar-refractivity contribution in [1.29, 1.82) is 0 Å². The van der Waals surface area contributed by atoms with Crippen molar-refractivity contribution in [3.8, 4) is 0 Å². The summed E-state index contributed by atoms with van der Waals surface area (Å²) in [6.07, 6.45) is 7.95. The highest BCUT2D eigenvalue weighted by molar-refractivity contribution is 5.76. The van der Waals surface area contributed by atoms with Crippen LogP contribution < -0.4 is 0 Å². The molecule has 2 fully saturated rings. The predicted molar refractivity (Wildman–Crippen MR) is 88.0 cm³/mol. The molecule has 0 spiro atoms. The maximum atomic E-state index is 12.4. The maximum Gasteiger partial charge on any atom is 0.225 e. The molecular weight excluding hydrogens is 292 g/mol. The number of aryl methyl sites for hydroxylation is 1. The number of amides is 1. The van der Waals surface area contributed by atoms with Gasteiger partial charge in [-0.15, -0.1) is 0 Å². The second kappa shape index (κ2) is 7.93. The van der Waals surface area contributed by atoms with Crippen molar-refractivity contribution in [2.45, 2.75) is 51.8 Å². The molecule has 23 heavy (non-hydrogen) atoms. The van der Waals surface area contributed by atoms with E-state index in [1.165, 1.54) is 5.56 Å². The van der Waals surface area contributed by atoms with Crippen molar-refractivity contribution in [2.24, 2.45) is 0 Å². The molecule has 1 aromatic heterocycles. The van der Waals surface area contributed by atoms with Crippen LogP contribution in [0.1, 0.15) is 38.2 Å². The average molecular weight is 320 g/mol. The van der Waals surface area contributed by atoms with Crippen LogP contribution in [0.2, 0.25) is 0 Å². The molecule has 3 heterocycles. The number of hydrogen-bond donors (Lipinski definition) is 0. The minimum Gasteiger partial charge on any atom is -0.378 e. The Morgan fingerprint density at radius 1 is 1.30 bits per heavy atom. The molecule has 1 aromatic rings. The maximum absolute atomic E-state index is 12.4. The van der Waals surface area contributed by atoms with Crippen molar-refractivity contribution in [3.05, 3.63) is 18.0 Å². The van der Waals surface area contributed by atoms with E-state index >= 15 is 0 Å². The van der Waals surface area contributed by atoms with Crippen molar-refractivity contribution >= 4 is 5.91 Å². The first-order chi connectivity index (χ1) is 11.2. The summed E-state index contributed by atoms with van der Waals surface area (Å²) in [4.78, 5) is 16.9. The molecule has 6 heteroatoms. The highest BCUT2D eigenvalue weighted by Crippen LogP contribution is 2.17. The van der Waals surface area contributed by atoms with E-state index in [0.717, 1.165) is 65.1 Å². The molecule has 2 saturated heterocycles. The second-order valence-electron chi connectivity index (χ2n) is 6.55. The highest BCUT2D eigenvalue weighted by atomic mass is 16.5. The van der Waals surface area contributed by atoms with Crippen LogP contribution in [0.25, 0.3) is 0 Å². The molecule has 6 nitrogen and oxygen atoms in total. The van der Waals surface area contributed by atoms with E-state index in [4.69, 9.17) is 4.74 Å². The Balaban J connectivity index is 1.47. The number of ether oxygens (including phenoxy) is 1. The third kappa shape index (κ3) is 4.54. The molecule has 128 valence electrons. The van der Waals surface area contributed by atoms with E-state index < -0.39 is 0 Å². The van der Waals surface area contributed by atoms with Gasteiger partial charge in [0.25, 0.3) is 0 Å². The summed E-state index contributed by atoms with van der Waals surface area (Å²) in [5.41, 5.74) is 1.26. The summed E-state index contributed by atoms with van der Waals surface area (Å²) in [6.45, 7) is 8.43. The Bertz CT molecular complexity index is 510. The normalized spacial score (nSPS) is 23.2. The van der Waals surface area contributed by atoms with Gasteiger partial charge in [0.1, 0.15) is 0 Å². The van der Waals surface area contributed by atoms with Crippen LogP contribution in [-0.2, 0) is 22.6 Å². The lowest BCUT2D eigenvalue weighted by molar-refractivity contribution is -0.133. The van der Waals surface area contributed by atoms with Crippen LogP contribution in [0.3, 0.4) is 0 Å². The van der Waals surface area contributed by atoms with E-state index in [0.29, 0.717) is 6.42 Å². The van der Waals surface area contributed by atoms with Gasteiger partial charge in [-0.05, 0) is 26.2 Å². The summed E-state index contributed by atoms with van der Waals surface area (Å²) in [6, 6.07) is 0. The molecule has 0 radical (unpaired) electrons. The molecule has 0 bridgehead atoms. The molecule has 2 aliphatic rings. The number of nitrogens with zero attached hydrogens (tertiary/aromatic N) is 4. The first kappa shape index (κ1) is 16.5. The largest absolute Gasteiger partial charge is 0.378 e. The van der Waals surface area contributed by atoms with Crippen LogP contribution in [0.4, 0.5) is 0 Å². The lowest BCUT2D eigenvalue weighted by atomic mass is 10.1. The number of carbonyl (C=O) groups excluding carboxylic acids is 1. The van der Waals surface area contributed by atoms with Crippen molar-refractivity contribution < 1.29 is 9.53 Å². The Kier molecular flexibility index (Phi) is 5.67. The molecular formula is C17H28N4O2. The molecule has 0 aromatic carbocycles. The summed E-state index contributed by atoms with van der Waals surface area (Å²) < 4.78 is 7.55. The molecule has 1 amide bonds. The molecule has 2 aliphatic heterocycles. The Morgan fingerprint density at radius 3 is 2.96 bits per heavy atom. The summed E-state index contributed by atoms with van der Waals surface area (Å²) in [7, 11) is 0. The molecule has 3 rings (SSSR count). The average Bonchev–Trinajstić information content (AvgIpc) is 3.16. The fourth-order valence-corrected chi connectivity index (χ4v) is 3.43. The molecule has 0 saturated carbocycles. The zero-order valence-corrected chi connectivity index (χ0v) is 14.1. The van der Waals surface area contributed by atoms with E-state index in [9.17, 15) is 4.79 Å². The molecule has 0 N–H and O–H groups in total. The van der Waals surface area contributed by atoms with Crippen LogP contribution in [0.15, 0.2) is 12.4 Å². The van der Waals surface area contributed by atoms with Gasteiger partial charge in [0.05, 0.1) is 18.7 Å². The van der Waals surface area contributed by atoms with Gasteiger partial charge in [0.2, 0.25) is 5.91 Å². The van der Waals surface area contributed by atoms with Crippen molar-refractivity contribution in [2.75, 3.05) is 32.8 Å². The third-order valence-electron chi connectivity index (χ3n) is 4.78. The lowest BCUT2D eigenvalue weighted by Gasteiger charge is -2.23. The summed E-state index contributed by atoms with van der Waals surface area (Å²) in [5.74, 6) is 0.262. The first-order valence-corrected chi connectivity index (χ1v) is 8.87. The Labute approximate surface area is 138 Å². The number of hydrogen-bond acceptors (Lipinski definition) is 4. The van der Waals surface area contributed by atoms with Crippen LogP contribution >= 0.6 is 0 Å². The molecule has 0 aliphatic carbocycles. The van der Waals surface area contributed by atoms with Crippen molar-refractivity contribution in [1.82, 2.24) is 19.6 Å². The minimum absolute atomic E-state index is 0.154. The van der Waals surface area contributed by atoms with Gasteiger partial charge in [0.15, 0.2) is 0 Å². The lowest BCUT2D eigenvalue weighted by Crippen LogP contribution is -2.36. The van der Waals surface area contributed by atoms with Crippen molar-refractivity contribution in [3.63, 3.8) is 0 Å². The van der Waals surface area contributed by atoms with E-state index in [1.54, 1.807) is 0 Å². The zero-order chi connectivity index (χ0) is 16.1. The molecule has 1 atom stereocenters.